The van der Waals surface area contributed by atoms with Crippen molar-refractivity contribution in [1.82, 2.24) is 5.32 Å². The third kappa shape index (κ3) is 4.02. The van der Waals surface area contributed by atoms with Gasteiger partial charge < -0.3 is 14.5 Å². The molecule has 1 aromatic carbocycles. The van der Waals surface area contributed by atoms with Gasteiger partial charge in [-0.15, -0.1) is 0 Å². The minimum atomic E-state index is 0.420. The van der Waals surface area contributed by atoms with E-state index in [0.29, 0.717) is 24.2 Å². The molecular weight excluding hydrogens is 274 g/mol. The van der Waals surface area contributed by atoms with Crippen molar-refractivity contribution in [1.29, 1.82) is 0 Å². The lowest BCUT2D eigenvalue weighted by atomic mass is 10.2. The molecule has 20 heavy (non-hydrogen) atoms. The first-order chi connectivity index (χ1) is 9.56. The van der Waals surface area contributed by atoms with Crippen LogP contribution in [-0.2, 0) is 13.2 Å². The molecule has 4 heteroatoms. The minimum absolute atomic E-state index is 0.420. The van der Waals surface area contributed by atoms with Crippen LogP contribution in [-0.4, -0.2) is 6.04 Å². The summed E-state index contributed by atoms with van der Waals surface area (Å²) in [6, 6.07) is 8.01. The fraction of sp³-hybridized carbons (Fsp3) is 0.375. The Morgan fingerprint density at radius 2 is 2.10 bits per heavy atom. The summed E-state index contributed by atoms with van der Waals surface area (Å²) in [7, 11) is 0. The topological polar surface area (TPSA) is 34.4 Å². The zero-order chi connectivity index (χ0) is 14.5. The summed E-state index contributed by atoms with van der Waals surface area (Å²) in [5.74, 6) is 1.72. The van der Waals surface area contributed by atoms with Gasteiger partial charge in [0.2, 0.25) is 0 Å². The summed E-state index contributed by atoms with van der Waals surface area (Å²) in [5.41, 5.74) is 2.12. The molecule has 1 heterocycles. The first-order valence-electron chi connectivity index (χ1n) is 6.74. The molecule has 2 aromatic rings. The molecule has 0 fully saturated rings. The van der Waals surface area contributed by atoms with Crippen LogP contribution in [0, 0.1) is 6.92 Å². The van der Waals surface area contributed by atoms with Gasteiger partial charge in [0.25, 0.3) is 0 Å². The van der Waals surface area contributed by atoms with Gasteiger partial charge in [-0.2, -0.15) is 0 Å². The zero-order valence-corrected chi connectivity index (χ0v) is 12.8. The van der Waals surface area contributed by atoms with E-state index in [-0.39, 0.29) is 0 Å². The lowest BCUT2D eigenvalue weighted by Crippen LogP contribution is -2.22. The van der Waals surface area contributed by atoms with Gasteiger partial charge in [0.05, 0.1) is 12.8 Å². The highest BCUT2D eigenvalue weighted by atomic mass is 35.5. The largest absolute Gasteiger partial charge is 0.488 e. The number of halogens is 1. The minimum Gasteiger partial charge on any atom is -0.488 e. The van der Waals surface area contributed by atoms with Crippen molar-refractivity contribution >= 4 is 11.6 Å². The second kappa shape index (κ2) is 6.82. The second-order valence-corrected chi connectivity index (χ2v) is 5.54. The third-order valence-corrected chi connectivity index (χ3v) is 3.28. The van der Waals surface area contributed by atoms with Gasteiger partial charge in [0.1, 0.15) is 18.1 Å². The second-order valence-electron chi connectivity index (χ2n) is 5.10. The van der Waals surface area contributed by atoms with E-state index in [9.17, 15) is 0 Å². The van der Waals surface area contributed by atoms with Crippen LogP contribution < -0.4 is 10.1 Å². The van der Waals surface area contributed by atoms with Crippen LogP contribution in [0.15, 0.2) is 34.9 Å². The van der Waals surface area contributed by atoms with E-state index in [4.69, 9.17) is 20.8 Å². The Labute approximate surface area is 124 Å². The molecule has 0 unspecified atom stereocenters. The van der Waals surface area contributed by atoms with E-state index in [1.165, 1.54) is 0 Å². The van der Waals surface area contributed by atoms with E-state index in [1.54, 1.807) is 6.26 Å². The maximum Gasteiger partial charge on any atom is 0.124 e. The van der Waals surface area contributed by atoms with Gasteiger partial charge in [-0.3, -0.25) is 0 Å². The lowest BCUT2D eigenvalue weighted by molar-refractivity contribution is 0.299. The smallest absolute Gasteiger partial charge is 0.124 e. The predicted molar refractivity (Wildman–Crippen MR) is 81.2 cm³/mol. The highest BCUT2D eigenvalue weighted by Crippen LogP contribution is 2.24. The molecule has 0 aliphatic carbocycles. The normalized spacial score (nSPS) is 11.1. The number of hydrogen-bond acceptors (Lipinski definition) is 3. The van der Waals surface area contributed by atoms with Crippen LogP contribution >= 0.6 is 11.6 Å². The van der Waals surface area contributed by atoms with Crippen LogP contribution in [0.3, 0.4) is 0 Å². The van der Waals surface area contributed by atoms with Crippen molar-refractivity contribution in [2.75, 3.05) is 0 Å². The van der Waals surface area contributed by atoms with Gasteiger partial charge in [-0.05, 0) is 30.7 Å². The molecule has 0 aliphatic heterocycles. The molecule has 0 saturated heterocycles. The molecule has 3 nitrogen and oxygen atoms in total. The Balaban J connectivity index is 2.00. The highest BCUT2D eigenvalue weighted by molar-refractivity contribution is 6.30. The van der Waals surface area contributed by atoms with Crippen molar-refractivity contribution in [3.05, 3.63) is 52.4 Å². The number of nitrogens with one attached hydrogen (secondary N) is 1. The van der Waals surface area contributed by atoms with Crippen LogP contribution in [0.25, 0.3) is 0 Å². The van der Waals surface area contributed by atoms with Crippen LogP contribution in [0.1, 0.15) is 30.7 Å². The van der Waals surface area contributed by atoms with E-state index < -0.39 is 0 Å². The maximum atomic E-state index is 5.98. The number of benzene rings is 1. The maximum absolute atomic E-state index is 5.98. The van der Waals surface area contributed by atoms with E-state index in [1.807, 2.05) is 31.2 Å². The molecular formula is C16H20ClNO2. The summed E-state index contributed by atoms with van der Waals surface area (Å²) in [6.07, 6.45) is 1.70. The molecule has 1 aromatic heterocycles. The molecule has 0 bridgehead atoms. The number of aryl methyl sites for hydroxylation is 1. The van der Waals surface area contributed by atoms with Crippen molar-refractivity contribution < 1.29 is 9.15 Å². The molecule has 0 atom stereocenters. The number of hydrogen-bond donors (Lipinski definition) is 1. The summed E-state index contributed by atoms with van der Waals surface area (Å²) in [4.78, 5) is 0. The Kier molecular flexibility index (Phi) is 5.10. The van der Waals surface area contributed by atoms with Gasteiger partial charge in [-0.25, -0.2) is 0 Å². The SMILES string of the molecule is Cc1ccc(Cl)cc1OCc1ccoc1CNC(C)C. The van der Waals surface area contributed by atoms with E-state index in [2.05, 4.69) is 19.2 Å². The zero-order valence-electron chi connectivity index (χ0n) is 12.1. The van der Waals surface area contributed by atoms with Gasteiger partial charge in [-0.1, -0.05) is 31.5 Å². The third-order valence-electron chi connectivity index (χ3n) is 3.04. The van der Waals surface area contributed by atoms with Gasteiger partial charge in [0.15, 0.2) is 0 Å². The quantitative estimate of drug-likeness (QED) is 0.861. The highest BCUT2D eigenvalue weighted by Gasteiger charge is 2.09. The van der Waals surface area contributed by atoms with E-state index in [0.717, 1.165) is 22.6 Å². The average molecular weight is 294 g/mol. The molecule has 1 N–H and O–H groups in total. The molecule has 0 aliphatic rings. The molecule has 0 spiro atoms. The summed E-state index contributed by atoms with van der Waals surface area (Å²) < 4.78 is 11.3. The average Bonchev–Trinajstić information content (AvgIpc) is 2.85. The van der Waals surface area contributed by atoms with Gasteiger partial charge >= 0.3 is 0 Å². The Morgan fingerprint density at radius 3 is 2.85 bits per heavy atom. The Morgan fingerprint density at radius 1 is 1.30 bits per heavy atom. The molecule has 0 saturated carbocycles. The van der Waals surface area contributed by atoms with Crippen LogP contribution in [0.2, 0.25) is 5.02 Å². The van der Waals surface area contributed by atoms with Gasteiger partial charge in [0, 0.05) is 16.6 Å². The molecule has 0 amide bonds. The molecule has 2 rings (SSSR count). The standard InChI is InChI=1S/C16H20ClNO2/c1-11(2)18-9-16-13(6-7-19-16)10-20-15-8-14(17)5-4-12(15)3/h4-8,11,18H,9-10H2,1-3H3. The van der Waals surface area contributed by atoms with Crippen molar-refractivity contribution in [3.8, 4) is 5.75 Å². The fourth-order valence-corrected chi connectivity index (χ4v) is 1.99. The number of furan rings is 1. The Bertz CT molecular complexity index is 563. The van der Waals surface area contributed by atoms with Crippen LogP contribution in [0.4, 0.5) is 0 Å². The monoisotopic (exact) mass is 293 g/mol. The number of ether oxygens (including phenoxy) is 1. The molecule has 108 valence electrons. The van der Waals surface area contributed by atoms with Crippen LogP contribution in [0.5, 0.6) is 5.75 Å². The first-order valence-corrected chi connectivity index (χ1v) is 7.11. The summed E-state index contributed by atoms with van der Waals surface area (Å²) in [5, 5.41) is 4.02. The molecule has 0 radical (unpaired) electrons. The van der Waals surface area contributed by atoms with Crippen molar-refractivity contribution in [2.45, 2.75) is 40.0 Å². The van der Waals surface area contributed by atoms with Crippen molar-refractivity contribution in [2.24, 2.45) is 0 Å². The summed E-state index contributed by atoms with van der Waals surface area (Å²) in [6.45, 7) is 7.40. The Hall–Kier alpha value is -1.45. The lowest BCUT2D eigenvalue weighted by Gasteiger charge is -2.11. The predicted octanol–water partition coefficient (Wildman–Crippen LogP) is 4.32. The van der Waals surface area contributed by atoms with E-state index >= 15 is 0 Å². The summed E-state index contributed by atoms with van der Waals surface area (Å²) >= 11 is 5.98. The number of rotatable bonds is 6. The first kappa shape index (κ1) is 14.9. The van der Waals surface area contributed by atoms with Crippen molar-refractivity contribution in [3.63, 3.8) is 0 Å². The fourth-order valence-electron chi connectivity index (χ4n) is 1.83.